The van der Waals surface area contributed by atoms with Crippen molar-refractivity contribution in [3.05, 3.63) is 22.3 Å². The molecule has 3 N–H and O–H groups in total. The van der Waals surface area contributed by atoms with E-state index >= 15 is 0 Å². The van der Waals surface area contributed by atoms with Crippen molar-refractivity contribution in [1.82, 2.24) is 0 Å². The third kappa shape index (κ3) is 11.7. The smallest absolute Gasteiger partial charge is 0.311 e. The van der Waals surface area contributed by atoms with E-state index in [0.29, 0.717) is 31.4 Å². The lowest BCUT2D eigenvalue weighted by molar-refractivity contribution is -0.209. The molecule has 5 aliphatic rings. The van der Waals surface area contributed by atoms with Crippen LogP contribution in [0, 0.1) is 84.9 Å². The Kier molecular flexibility index (Phi) is 17.5. The summed E-state index contributed by atoms with van der Waals surface area (Å²) < 4.78 is 18.9. The maximum Gasteiger partial charge on any atom is 0.311 e. The predicted octanol–water partition coefficient (Wildman–Crippen LogP) is 12.8. The topological polar surface area (TPSA) is 140 Å². The number of carbonyl (C=O) groups excluding carboxylic acids is 2. The number of aliphatic hydroxyl groups is 2. The van der Waals surface area contributed by atoms with Crippen LogP contribution in [0.5, 0.6) is 11.5 Å². The first-order valence-electron chi connectivity index (χ1n) is 26.9. The van der Waals surface area contributed by atoms with Crippen LogP contribution in [-0.2, 0) is 25.5 Å². The van der Waals surface area contributed by atoms with Gasteiger partial charge in [-0.3, -0.25) is 14.4 Å². The molecule has 0 bridgehead atoms. The predicted molar refractivity (Wildman–Crippen MR) is 262 cm³/mol. The molecular weight excluding hydrogens is 829 g/mol. The highest BCUT2D eigenvalue weighted by molar-refractivity contribution is 5.80. The van der Waals surface area contributed by atoms with Gasteiger partial charge in [-0.15, -0.1) is 0 Å². The monoisotopic (exact) mass is 921 g/mol. The largest absolute Gasteiger partial charge is 0.487 e. The summed E-state index contributed by atoms with van der Waals surface area (Å²) in [5.41, 5.74) is 3.32. The molecule has 4 saturated carbocycles. The number of esters is 2. The van der Waals surface area contributed by atoms with Crippen LogP contribution in [0.1, 0.15) is 212 Å². The van der Waals surface area contributed by atoms with Crippen LogP contribution in [0.25, 0.3) is 0 Å². The van der Waals surface area contributed by atoms with Gasteiger partial charge >= 0.3 is 17.9 Å². The molecule has 3 unspecified atom stereocenters. The minimum atomic E-state index is -0.778. The second kappa shape index (κ2) is 22.0. The second-order valence-electron chi connectivity index (χ2n) is 24.3. The first-order valence-corrected chi connectivity index (χ1v) is 26.9. The highest BCUT2D eigenvalue weighted by atomic mass is 16.5. The fourth-order valence-corrected chi connectivity index (χ4v) is 14.8. The van der Waals surface area contributed by atoms with Gasteiger partial charge in [-0.1, -0.05) is 93.4 Å². The molecule has 4 aliphatic carbocycles. The van der Waals surface area contributed by atoms with Gasteiger partial charge in [0.15, 0.2) is 0 Å². The van der Waals surface area contributed by atoms with Gasteiger partial charge in [0.2, 0.25) is 0 Å². The molecule has 1 heterocycles. The third-order valence-electron chi connectivity index (χ3n) is 19.2. The third-order valence-corrected chi connectivity index (χ3v) is 19.2. The lowest BCUT2D eigenvalue weighted by atomic mass is 9.43. The Bertz CT molecular complexity index is 1840. The standard InChI is InChI=1S/C57H92O9/c1-34(2)15-12-16-35(3)17-13-18-36(4)19-14-28-55(9)29-27-43-40(8)53(38(6)39(7)54(43)66-55)65-51(63)25-24-50(62)64-42-26-30-56(10)41(31-42)32-47(58)52-45-22-21-44(37(5)20-23-49(60)61)57(45,11)48(59)33-46(52)56/h34-37,41-42,44-48,52,58-59H,12-33H2,1-11H3,(H,60,61)/t35?,36?,37-,41+,42-,44-,45+,46+,47-,48+,52+,55?,56+,57-/m1/s1. The van der Waals surface area contributed by atoms with Gasteiger partial charge in [-0.2, -0.15) is 0 Å². The average Bonchev–Trinajstić information content (AvgIpc) is 3.61. The Labute approximate surface area is 399 Å². The Balaban J connectivity index is 0.957. The number of carbonyl (C=O) groups is 3. The molecule has 1 aliphatic heterocycles. The van der Waals surface area contributed by atoms with Gasteiger partial charge in [0.05, 0.1) is 25.0 Å². The zero-order valence-electron chi connectivity index (χ0n) is 43.3. The summed E-state index contributed by atoms with van der Waals surface area (Å²) in [7, 11) is 0. The van der Waals surface area contributed by atoms with Crippen LogP contribution in [0.3, 0.4) is 0 Å². The highest BCUT2D eigenvalue weighted by Gasteiger charge is 2.66. The molecule has 0 saturated heterocycles. The molecule has 14 atom stereocenters. The minimum Gasteiger partial charge on any atom is -0.487 e. The van der Waals surface area contributed by atoms with Crippen molar-refractivity contribution in [3.8, 4) is 11.5 Å². The number of benzene rings is 1. The molecule has 0 amide bonds. The van der Waals surface area contributed by atoms with Crippen molar-refractivity contribution in [2.24, 2.45) is 64.1 Å². The Morgan fingerprint density at radius 1 is 0.727 bits per heavy atom. The zero-order chi connectivity index (χ0) is 48.3. The van der Waals surface area contributed by atoms with Gasteiger partial charge in [0.25, 0.3) is 0 Å². The molecule has 6 rings (SSSR count). The number of aliphatic carboxylic acids is 1. The van der Waals surface area contributed by atoms with Gasteiger partial charge < -0.3 is 29.5 Å². The average molecular weight is 921 g/mol. The first-order chi connectivity index (χ1) is 31.1. The SMILES string of the molecule is Cc1c(C)c2c(c(C)c1OC(=O)CCC(=O)O[C@@H]1CC[C@@]3(C)[C@@H](C1)C[C@@H](O)[C@@H]1[C@@H]3C[C@H](O)[C@]3(C)[C@@H]([C@H](C)CCC(=O)O)CC[C@@H]13)CCC(C)(CCCC(C)CCCC(C)CCCC(C)C)O2. The maximum absolute atomic E-state index is 13.3. The molecule has 0 radical (unpaired) electrons. The second-order valence-corrected chi connectivity index (χ2v) is 24.3. The van der Waals surface area contributed by atoms with Crippen molar-refractivity contribution < 1.29 is 43.9 Å². The van der Waals surface area contributed by atoms with Gasteiger partial charge in [0, 0.05) is 12.0 Å². The van der Waals surface area contributed by atoms with Crippen LogP contribution in [0.4, 0.5) is 0 Å². The van der Waals surface area contributed by atoms with Crippen molar-refractivity contribution >= 4 is 17.9 Å². The Hall–Kier alpha value is -2.65. The van der Waals surface area contributed by atoms with E-state index in [2.05, 4.69) is 62.3 Å². The molecule has 66 heavy (non-hydrogen) atoms. The summed E-state index contributed by atoms with van der Waals surface area (Å²) in [4.78, 5) is 38.0. The van der Waals surface area contributed by atoms with Gasteiger partial charge in [0.1, 0.15) is 23.2 Å². The van der Waals surface area contributed by atoms with Crippen LogP contribution in [0.2, 0.25) is 0 Å². The van der Waals surface area contributed by atoms with Crippen molar-refractivity contribution in [1.29, 1.82) is 0 Å². The van der Waals surface area contributed by atoms with E-state index in [-0.39, 0.29) is 77.3 Å². The summed E-state index contributed by atoms with van der Waals surface area (Å²) in [6, 6.07) is 0. The summed E-state index contributed by atoms with van der Waals surface area (Å²) >= 11 is 0. The van der Waals surface area contributed by atoms with Crippen LogP contribution >= 0.6 is 0 Å². The number of hydrogen-bond donors (Lipinski definition) is 3. The van der Waals surface area contributed by atoms with Crippen LogP contribution < -0.4 is 9.47 Å². The fraction of sp³-hybridized carbons (Fsp3) is 0.842. The highest BCUT2D eigenvalue weighted by Crippen LogP contribution is 2.68. The lowest BCUT2D eigenvalue weighted by Gasteiger charge is -2.63. The number of aliphatic hydroxyl groups excluding tert-OH is 2. The van der Waals surface area contributed by atoms with E-state index in [1.54, 1.807) is 0 Å². The van der Waals surface area contributed by atoms with Crippen molar-refractivity contribution in [3.63, 3.8) is 0 Å². The summed E-state index contributed by atoms with van der Waals surface area (Å²) in [6.07, 6.45) is 18.0. The molecular formula is C57H92O9. The quantitative estimate of drug-likeness (QED) is 0.0812. The number of ether oxygens (including phenoxy) is 3. The van der Waals surface area contributed by atoms with Crippen molar-refractivity contribution in [2.45, 2.75) is 241 Å². The molecule has 374 valence electrons. The van der Waals surface area contributed by atoms with E-state index < -0.39 is 30.1 Å². The molecule has 9 heteroatoms. The number of hydrogen-bond acceptors (Lipinski definition) is 8. The molecule has 4 fully saturated rings. The maximum atomic E-state index is 13.3. The van der Waals surface area contributed by atoms with Gasteiger partial charge in [-0.05, 0) is 186 Å². The number of fused-ring (bicyclic) bond motifs is 6. The zero-order valence-corrected chi connectivity index (χ0v) is 43.3. The van der Waals surface area contributed by atoms with Crippen molar-refractivity contribution in [2.75, 3.05) is 0 Å². The fourth-order valence-electron chi connectivity index (χ4n) is 14.8. The van der Waals surface area contributed by atoms with E-state index in [9.17, 15) is 29.7 Å². The molecule has 0 spiro atoms. The number of carboxylic acid groups (broad SMARTS) is 1. The molecule has 1 aromatic carbocycles. The summed E-state index contributed by atoms with van der Waals surface area (Å²) in [5, 5.41) is 33.1. The Morgan fingerprint density at radius 3 is 2.05 bits per heavy atom. The number of carboxylic acids is 1. The molecule has 9 nitrogen and oxygen atoms in total. The van der Waals surface area contributed by atoms with Crippen LogP contribution in [-0.4, -0.2) is 57.1 Å². The summed E-state index contributed by atoms with van der Waals surface area (Å²) in [6.45, 7) is 24.5. The Morgan fingerprint density at radius 2 is 1.38 bits per heavy atom. The van der Waals surface area contributed by atoms with E-state index in [4.69, 9.17) is 14.2 Å². The minimum absolute atomic E-state index is 0.0528. The summed E-state index contributed by atoms with van der Waals surface area (Å²) in [5.74, 6) is 3.31. The molecule has 1 aromatic rings. The van der Waals surface area contributed by atoms with E-state index in [1.807, 2.05) is 13.8 Å². The van der Waals surface area contributed by atoms with Crippen LogP contribution in [0.15, 0.2) is 0 Å². The first kappa shape index (κ1) is 52.7. The lowest BCUT2D eigenvalue weighted by Crippen LogP contribution is -2.62. The van der Waals surface area contributed by atoms with Gasteiger partial charge in [-0.25, -0.2) is 0 Å². The molecule has 0 aromatic heterocycles. The number of rotatable bonds is 21. The van der Waals surface area contributed by atoms with E-state index in [1.165, 1.54) is 44.9 Å². The normalized spacial score (nSPS) is 34.0. The van der Waals surface area contributed by atoms with E-state index in [0.717, 1.165) is 97.1 Å².